The van der Waals surface area contributed by atoms with Gasteiger partial charge < -0.3 is 9.84 Å². The van der Waals surface area contributed by atoms with Crippen LogP contribution in [0.3, 0.4) is 0 Å². The van der Waals surface area contributed by atoms with E-state index in [2.05, 4.69) is 11.8 Å². The van der Waals surface area contributed by atoms with E-state index < -0.39 is 17.7 Å². The zero-order valence-corrected chi connectivity index (χ0v) is 10.7. The van der Waals surface area contributed by atoms with E-state index in [1.165, 1.54) is 7.11 Å². The molecule has 0 saturated heterocycles. The van der Waals surface area contributed by atoms with Crippen LogP contribution in [0.25, 0.3) is 0 Å². The topological polar surface area (TPSA) is 29.5 Å². The van der Waals surface area contributed by atoms with Gasteiger partial charge in [0.05, 0.1) is 7.11 Å². The number of hydrogen-bond donors (Lipinski definition) is 1. The first kappa shape index (κ1) is 14.0. The van der Waals surface area contributed by atoms with Crippen molar-refractivity contribution in [3.05, 3.63) is 65.2 Å². The molecule has 0 saturated carbocycles. The Morgan fingerprint density at radius 2 is 1.75 bits per heavy atom. The van der Waals surface area contributed by atoms with Gasteiger partial charge in [-0.05, 0) is 18.2 Å². The smallest absolute Gasteiger partial charge is 0.162 e. The molecule has 20 heavy (non-hydrogen) atoms. The fourth-order valence-corrected chi connectivity index (χ4v) is 1.69. The lowest BCUT2D eigenvalue weighted by Gasteiger charge is -2.10. The molecule has 0 bridgehead atoms. The minimum Gasteiger partial charge on any atom is -0.496 e. The zero-order chi connectivity index (χ0) is 14.5. The normalized spacial score (nSPS) is 11.4. The van der Waals surface area contributed by atoms with Gasteiger partial charge in [-0.15, -0.1) is 0 Å². The Labute approximate surface area is 115 Å². The average Bonchev–Trinajstić information content (AvgIpc) is 2.48. The van der Waals surface area contributed by atoms with Crippen molar-refractivity contribution < 1.29 is 18.6 Å². The highest BCUT2D eigenvalue weighted by molar-refractivity contribution is 5.42. The van der Waals surface area contributed by atoms with E-state index in [0.717, 1.165) is 12.1 Å². The summed E-state index contributed by atoms with van der Waals surface area (Å²) in [6, 6.07) is 10.8. The molecule has 0 spiro atoms. The Kier molecular flexibility index (Phi) is 4.34. The van der Waals surface area contributed by atoms with Crippen molar-refractivity contribution in [1.82, 2.24) is 0 Å². The Hall–Kier alpha value is -2.38. The van der Waals surface area contributed by atoms with Gasteiger partial charge in [-0.2, -0.15) is 0 Å². The maximum Gasteiger partial charge on any atom is 0.162 e. The summed E-state index contributed by atoms with van der Waals surface area (Å²) in [6.45, 7) is 0. The molecule has 0 heterocycles. The van der Waals surface area contributed by atoms with E-state index in [1.54, 1.807) is 12.1 Å². The van der Waals surface area contributed by atoms with Crippen LogP contribution in [0.1, 0.15) is 17.2 Å². The van der Waals surface area contributed by atoms with Gasteiger partial charge in [-0.25, -0.2) is 8.78 Å². The SMILES string of the molecule is COc1cc(F)c(F)cc1C(O)C#Cc1ccccc1. The first-order valence-corrected chi connectivity index (χ1v) is 5.89. The van der Waals surface area contributed by atoms with E-state index in [1.807, 2.05) is 18.2 Å². The van der Waals surface area contributed by atoms with Crippen molar-refractivity contribution in [1.29, 1.82) is 0 Å². The number of benzene rings is 2. The number of methoxy groups -OCH3 is 1. The monoisotopic (exact) mass is 274 g/mol. The molecule has 0 radical (unpaired) electrons. The highest BCUT2D eigenvalue weighted by Gasteiger charge is 2.15. The molecule has 0 amide bonds. The van der Waals surface area contributed by atoms with Crippen LogP contribution in [0.2, 0.25) is 0 Å². The van der Waals surface area contributed by atoms with E-state index >= 15 is 0 Å². The highest BCUT2D eigenvalue weighted by atomic mass is 19.2. The van der Waals surface area contributed by atoms with Crippen LogP contribution in [0.5, 0.6) is 5.75 Å². The molecule has 2 aromatic carbocycles. The minimum absolute atomic E-state index is 0.0544. The third-order valence-electron chi connectivity index (χ3n) is 2.69. The van der Waals surface area contributed by atoms with Crippen molar-refractivity contribution >= 4 is 0 Å². The summed E-state index contributed by atoms with van der Waals surface area (Å²) < 4.78 is 31.2. The molecule has 1 N–H and O–H groups in total. The first-order valence-electron chi connectivity index (χ1n) is 5.89. The maximum absolute atomic E-state index is 13.2. The fraction of sp³-hybridized carbons (Fsp3) is 0.125. The van der Waals surface area contributed by atoms with Crippen molar-refractivity contribution in [3.8, 4) is 17.6 Å². The molecule has 102 valence electrons. The molecular weight excluding hydrogens is 262 g/mol. The van der Waals surface area contributed by atoms with Crippen LogP contribution in [-0.4, -0.2) is 12.2 Å². The van der Waals surface area contributed by atoms with Crippen molar-refractivity contribution in [2.75, 3.05) is 7.11 Å². The lowest BCUT2D eigenvalue weighted by atomic mass is 10.1. The van der Waals surface area contributed by atoms with Gasteiger partial charge in [0.1, 0.15) is 11.9 Å². The third kappa shape index (κ3) is 3.14. The standard InChI is InChI=1S/C16H12F2O2/c1-20-16-10-14(18)13(17)9-12(16)15(19)8-7-11-5-3-2-4-6-11/h2-6,9-10,15,19H,1H3. The second-order valence-corrected chi connectivity index (χ2v) is 4.05. The van der Waals surface area contributed by atoms with Crippen LogP contribution in [0, 0.1) is 23.5 Å². The Morgan fingerprint density at radius 3 is 2.40 bits per heavy atom. The van der Waals surface area contributed by atoms with E-state index in [9.17, 15) is 13.9 Å². The molecule has 0 aliphatic carbocycles. The van der Waals surface area contributed by atoms with Crippen LogP contribution in [0.4, 0.5) is 8.78 Å². The van der Waals surface area contributed by atoms with Crippen LogP contribution >= 0.6 is 0 Å². The Bertz CT molecular complexity index is 657. The van der Waals surface area contributed by atoms with Crippen molar-refractivity contribution in [3.63, 3.8) is 0 Å². The lowest BCUT2D eigenvalue weighted by Crippen LogP contribution is -2.01. The fourth-order valence-electron chi connectivity index (χ4n) is 1.69. The van der Waals surface area contributed by atoms with Gasteiger partial charge >= 0.3 is 0 Å². The summed E-state index contributed by atoms with van der Waals surface area (Å²) in [6.07, 6.45) is -1.26. The average molecular weight is 274 g/mol. The number of hydrogen-bond acceptors (Lipinski definition) is 2. The van der Waals surface area contributed by atoms with E-state index in [4.69, 9.17) is 4.74 Å². The molecule has 1 unspecified atom stereocenters. The van der Waals surface area contributed by atoms with E-state index in [0.29, 0.717) is 5.56 Å². The molecule has 0 aromatic heterocycles. The number of rotatable bonds is 2. The Morgan fingerprint density at radius 1 is 1.10 bits per heavy atom. The molecule has 2 nitrogen and oxygen atoms in total. The van der Waals surface area contributed by atoms with Crippen LogP contribution in [0.15, 0.2) is 42.5 Å². The van der Waals surface area contributed by atoms with Gasteiger partial charge in [-0.3, -0.25) is 0 Å². The van der Waals surface area contributed by atoms with Crippen molar-refractivity contribution in [2.45, 2.75) is 6.10 Å². The second kappa shape index (κ2) is 6.18. The minimum atomic E-state index is -1.26. The van der Waals surface area contributed by atoms with Crippen LogP contribution < -0.4 is 4.74 Å². The molecule has 4 heteroatoms. The van der Waals surface area contributed by atoms with Crippen LogP contribution in [-0.2, 0) is 0 Å². The largest absolute Gasteiger partial charge is 0.496 e. The molecular formula is C16H12F2O2. The molecule has 0 aliphatic rings. The van der Waals surface area contributed by atoms with Gasteiger partial charge in [-0.1, -0.05) is 30.0 Å². The third-order valence-corrected chi connectivity index (χ3v) is 2.69. The van der Waals surface area contributed by atoms with Gasteiger partial charge in [0.2, 0.25) is 0 Å². The molecule has 2 aromatic rings. The van der Waals surface area contributed by atoms with Gasteiger partial charge in [0, 0.05) is 17.2 Å². The van der Waals surface area contributed by atoms with Crippen molar-refractivity contribution in [2.24, 2.45) is 0 Å². The van der Waals surface area contributed by atoms with Gasteiger partial charge in [0.15, 0.2) is 11.6 Å². The first-order chi connectivity index (χ1) is 9.61. The molecule has 2 rings (SSSR count). The molecule has 0 fully saturated rings. The molecule has 0 aliphatic heterocycles. The van der Waals surface area contributed by atoms with Gasteiger partial charge in [0.25, 0.3) is 0 Å². The lowest BCUT2D eigenvalue weighted by molar-refractivity contribution is 0.231. The summed E-state index contributed by atoms with van der Waals surface area (Å²) in [5, 5.41) is 9.97. The maximum atomic E-state index is 13.2. The Balaban J connectivity index is 2.32. The predicted molar refractivity (Wildman–Crippen MR) is 71.2 cm³/mol. The quantitative estimate of drug-likeness (QED) is 0.853. The summed E-state index contributed by atoms with van der Waals surface area (Å²) in [7, 11) is 1.31. The molecule has 1 atom stereocenters. The predicted octanol–water partition coefficient (Wildman–Crippen LogP) is 3.06. The number of aliphatic hydroxyl groups is 1. The second-order valence-electron chi connectivity index (χ2n) is 4.05. The number of aliphatic hydroxyl groups excluding tert-OH is 1. The number of ether oxygens (including phenoxy) is 1. The summed E-state index contributed by atoms with van der Waals surface area (Å²) in [5.41, 5.74) is 0.808. The van der Waals surface area contributed by atoms with E-state index in [-0.39, 0.29) is 11.3 Å². The number of halogens is 2. The summed E-state index contributed by atoms with van der Waals surface area (Å²) in [4.78, 5) is 0. The summed E-state index contributed by atoms with van der Waals surface area (Å²) >= 11 is 0. The zero-order valence-electron chi connectivity index (χ0n) is 10.7. The summed E-state index contributed by atoms with van der Waals surface area (Å²) in [5.74, 6) is 3.30. The highest BCUT2D eigenvalue weighted by Crippen LogP contribution is 2.27.